The van der Waals surface area contributed by atoms with Crippen LogP contribution in [0.5, 0.6) is 11.5 Å². The Balaban J connectivity index is 1.93. The van der Waals surface area contributed by atoms with Crippen molar-refractivity contribution >= 4 is 38.9 Å². The summed E-state index contributed by atoms with van der Waals surface area (Å²) >= 11 is 0. The largest absolute Gasteiger partial charge is 0.508 e. The van der Waals surface area contributed by atoms with Gasteiger partial charge in [-0.25, -0.2) is 8.42 Å². The lowest BCUT2D eigenvalue weighted by Gasteiger charge is -2.50. The highest BCUT2D eigenvalue weighted by molar-refractivity contribution is 7.92. The van der Waals surface area contributed by atoms with Gasteiger partial charge in [-0.2, -0.15) is 13.2 Å². The zero-order valence-corrected chi connectivity index (χ0v) is 22.6. The molecule has 0 aromatic heterocycles. The maximum absolute atomic E-state index is 13.8. The molecule has 0 heterocycles. The maximum atomic E-state index is 13.8. The van der Waals surface area contributed by atoms with Gasteiger partial charge < -0.3 is 30.9 Å². The monoisotopic (exact) mass is 605 g/mol. The van der Waals surface area contributed by atoms with Gasteiger partial charge in [-0.05, 0) is 32.9 Å². The Hall–Kier alpha value is -3.83. The van der Waals surface area contributed by atoms with E-state index in [0.717, 1.165) is 13.2 Å². The summed E-state index contributed by atoms with van der Waals surface area (Å²) in [6.07, 6.45) is -5.51. The molecule has 0 saturated heterocycles. The fourth-order valence-corrected chi connectivity index (χ4v) is 6.95. The average molecular weight is 606 g/mol. The van der Waals surface area contributed by atoms with Crippen LogP contribution in [0.2, 0.25) is 0 Å². The molecule has 41 heavy (non-hydrogen) atoms. The van der Waals surface area contributed by atoms with E-state index in [-0.39, 0.29) is 24.2 Å². The number of aromatic hydroxyl groups is 1. The molecule has 4 atom stereocenters. The molecule has 0 bridgehead atoms. The van der Waals surface area contributed by atoms with Crippen LogP contribution in [-0.2, 0) is 30.8 Å². The van der Waals surface area contributed by atoms with Gasteiger partial charge in [0.15, 0.2) is 22.9 Å². The van der Waals surface area contributed by atoms with Crippen LogP contribution in [0, 0.1) is 11.8 Å². The Labute approximate surface area is 230 Å². The van der Waals surface area contributed by atoms with Crippen molar-refractivity contribution in [1.29, 1.82) is 0 Å². The number of nitrogens with zero attached hydrogens (tertiary/aromatic N) is 1. The van der Waals surface area contributed by atoms with Gasteiger partial charge in [0.25, 0.3) is 5.91 Å². The van der Waals surface area contributed by atoms with E-state index in [1.54, 1.807) is 4.72 Å². The van der Waals surface area contributed by atoms with E-state index < -0.39 is 103 Å². The molecule has 1 aromatic rings. The second-order valence-electron chi connectivity index (χ2n) is 10.3. The van der Waals surface area contributed by atoms with E-state index >= 15 is 0 Å². The lowest BCUT2D eigenvalue weighted by Crippen LogP contribution is -2.65. The highest BCUT2D eigenvalue weighted by Gasteiger charge is 2.64. The van der Waals surface area contributed by atoms with Crippen LogP contribution in [0.15, 0.2) is 23.0 Å². The van der Waals surface area contributed by atoms with Crippen LogP contribution in [-0.4, -0.2) is 96.0 Å². The number of amides is 1. The normalized spacial score (nSPS) is 26.5. The van der Waals surface area contributed by atoms with Crippen molar-refractivity contribution in [2.45, 2.75) is 30.7 Å². The van der Waals surface area contributed by atoms with E-state index in [1.807, 2.05) is 0 Å². The van der Waals surface area contributed by atoms with Crippen LogP contribution >= 0.6 is 0 Å². The third-order valence-electron chi connectivity index (χ3n) is 7.52. The number of nitrogens with two attached hydrogens (primary N) is 1. The fraction of sp³-hybridized carbons (Fsp3) is 0.458. The number of nitrogens with one attached hydrogen (secondary N) is 1. The summed E-state index contributed by atoms with van der Waals surface area (Å²) < 4.78 is 69.3. The Morgan fingerprint density at radius 1 is 1.24 bits per heavy atom. The quantitative estimate of drug-likeness (QED) is 0.191. The van der Waals surface area contributed by atoms with Gasteiger partial charge in [-0.1, -0.05) is 0 Å². The number of aliphatic hydroxyl groups excluding tert-OH is 2. The Morgan fingerprint density at radius 3 is 2.37 bits per heavy atom. The predicted octanol–water partition coefficient (Wildman–Crippen LogP) is 0.277. The van der Waals surface area contributed by atoms with E-state index in [9.17, 15) is 56.4 Å². The van der Waals surface area contributed by atoms with Crippen molar-refractivity contribution in [3.05, 3.63) is 34.1 Å². The molecule has 3 aliphatic carbocycles. The topological polar surface area (TPSA) is 217 Å². The van der Waals surface area contributed by atoms with Gasteiger partial charge in [-0.15, -0.1) is 0 Å². The molecular weight excluding hydrogens is 579 g/mol. The molecule has 1 saturated carbocycles. The number of aliphatic hydroxyl groups is 3. The van der Waals surface area contributed by atoms with Gasteiger partial charge in [0, 0.05) is 23.1 Å². The van der Waals surface area contributed by atoms with Crippen molar-refractivity contribution in [2.75, 3.05) is 31.7 Å². The van der Waals surface area contributed by atoms with E-state index in [2.05, 4.69) is 0 Å². The number of halogens is 3. The van der Waals surface area contributed by atoms with Crippen LogP contribution in [0.3, 0.4) is 0 Å². The molecule has 1 aromatic carbocycles. The molecule has 0 radical (unpaired) electrons. The summed E-state index contributed by atoms with van der Waals surface area (Å²) in [4.78, 5) is 40.3. The first kappa shape index (κ1) is 30.1. The number of likely N-dealkylation sites (N-methyl/N-ethyl adjacent to an activating group) is 1. The number of methoxy groups -OCH3 is 1. The minimum Gasteiger partial charge on any atom is -0.508 e. The van der Waals surface area contributed by atoms with Gasteiger partial charge in [0.05, 0.1) is 24.4 Å². The summed E-state index contributed by atoms with van der Waals surface area (Å²) in [5.74, 6) is -11.7. The van der Waals surface area contributed by atoms with E-state index in [1.165, 1.54) is 19.0 Å². The molecule has 1 amide bonds. The lowest BCUT2D eigenvalue weighted by molar-refractivity contribution is -0.153. The number of alkyl halides is 3. The molecule has 13 nitrogen and oxygen atoms in total. The van der Waals surface area contributed by atoms with Gasteiger partial charge in [0.2, 0.25) is 15.8 Å². The molecule has 224 valence electrons. The maximum Gasteiger partial charge on any atom is 0.404 e. The first-order valence-corrected chi connectivity index (χ1v) is 13.6. The Kier molecular flexibility index (Phi) is 7.08. The number of ether oxygens (including phenoxy) is 1. The van der Waals surface area contributed by atoms with Gasteiger partial charge in [-0.3, -0.25) is 24.0 Å². The summed E-state index contributed by atoms with van der Waals surface area (Å²) in [6.45, 7) is 0. The smallest absolute Gasteiger partial charge is 0.404 e. The van der Waals surface area contributed by atoms with Crippen molar-refractivity contribution < 1.29 is 61.1 Å². The molecule has 0 aliphatic heterocycles. The van der Waals surface area contributed by atoms with Crippen molar-refractivity contribution in [2.24, 2.45) is 17.6 Å². The second-order valence-corrected chi connectivity index (χ2v) is 12.0. The number of carbonyl (C=O) groups is 3. The molecular formula is C24H26F3N3O10S. The van der Waals surface area contributed by atoms with Crippen LogP contribution < -0.4 is 15.2 Å². The number of anilines is 1. The molecule has 7 N–H and O–H groups in total. The second kappa shape index (κ2) is 9.63. The number of ketones is 2. The molecule has 0 unspecified atom stereocenters. The zero-order valence-electron chi connectivity index (χ0n) is 21.7. The number of phenols is 1. The first-order chi connectivity index (χ1) is 18.8. The number of hydrogen-bond donors (Lipinski definition) is 6. The highest BCUT2D eigenvalue weighted by Crippen LogP contribution is 2.54. The molecule has 3 aliphatic rings. The minimum atomic E-state index is -5.12. The SMILES string of the molecule is COc1cc(NS(=O)(=O)CC(F)(F)F)c(O)c2c1C[C@H]1C[C@H]3[C@H](N(C)C)C(=O)C(C(N)=O)=C(O)[C@@]3(O)C(=O)C1=C2O. The summed E-state index contributed by atoms with van der Waals surface area (Å²) in [5, 5.41) is 44.5. The molecule has 1 fully saturated rings. The number of phenolic OH excluding ortho intramolecular Hbond substituents is 1. The summed E-state index contributed by atoms with van der Waals surface area (Å²) in [5.41, 5.74) is -0.498. The van der Waals surface area contributed by atoms with Crippen molar-refractivity contribution in [3.63, 3.8) is 0 Å². The number of Topliss-reactive ketones (excluding diaryl/α,β-unsaturated/α-hetero) is 2. The van der Waals surface area contributed by atoms with E-state index in [4.69, 9.17) is 10.5 Å². The zero-order chi connectivity index (χ0) is 31.0. The molecule has 4 rings (SSSR count). The number of carbonyl (C=O) groups excluding carboxylic acids is 3. The van der Waals surface area contributed by atoms with Crippen LogP contribution in [0.1, 0.15) is 17.5 Å². The standard InChI is InChI=1S/C24H26F3N3O10S/c1-30(2)16-10-5-8-4-9-12(40-3)6-11(29-41(38,39)7-23(25,26)27)17(31)14(9)18(32)13(8)20(34)24(10,37)21(35)15(19(16)33)22(28)36/h6,8,10,16,29,31-32,35,37H,4-5,7H2,1-3H3,(H2,28,36)/t8-,10-,16-,24-/m0/s1. The number of fused-ring (bicyclic) bond motifs is 3. The van der Waals surface area contributed by atoms with E-state index in [0.29, 0.717) is 0 Å². The fourth-order valence-electron chi connectivity index (χ4n) is 5.96. The summed E-state index contributed by atoms with van der Waals surface area (Å²) in [6, 6.07) is -0.393. The number of hydrogen-bond acceptors (Lipinski definition) is 11. The molecule has 0 spiro atoms. The van der Waals surface area contributed by atoms with Crippen LogP contribution in [0.4, 0.5) is 18.9 Å². The minimum absolute atomic E-state index is 0.0504. The van der Waals surface area contributed by atoms with Gasteiger partial charge >= 0.3 is 6.18 Å². The Bertz CT molecular complexity index is 1550. The first-order valence-electron chi connectivity index (χ1n) is 11.9. The predicted molar refractivity (Wildman–Crippen MR) is 134 cm³/mol. The third kappa shape index (κ3) is 4.66. The average Bonchev–Trinajstić information content (AvgIpc) is 2.81. The third-order valence-corrected chi connectivity index (χ3v) is 8.76. The summed E-state index contributed by atoms with van der Waals surface area (Å²) in [7, 11) is -1.08. The Morgan fingerprint density at radius 2 is 1.85 bits per heavy atom. The number of benzene rings is 1. The molecule has 17 heteroatoms. The number of primary amides is 1. The van der Waals surface area contributed by atoms with Gasteiger partial charge in [0.1, 0.15) is 22.8 Å². The number of sulfonamides is 1. The van der Waals surface area contributed by atoms with Crippen molar-refractivity contribution in [3.8, 4) is 11.5 Å². The van der Waals surface area contributed by atoms with Crippen molar-refractivity contribution in [1.82, 2.24) is 4.90 Å². The number of rotatable bonds is 6. The highest BCUT2D eigenvalue weighted by atomic mass is 32.2. The van der Waals surface area contributed by atoms with Crippen LogP contribution in [0.25, 0.3) is 5.76 Å². The lowest BCUT2D eigenvalue weighted by atomic mass is 9.57.